The van der Waals surface area contributed by atoms with Crippen LogP contribution in [0.2, 0.25) is 0 Å². The SMILES string of the molecule is C(=C\n1c2ccccc2c2ccccc21)/c1ccc(-c2ccc(/C=C/n3c4ccccc4c4ccccc43)cc2)cc1. The second-order valence-corrected chi connectivity index (χ2v) is 10.7. The van der Waals surface area contributed by atoms with E-state index in [1.165, 1.54) is 65.9 Å². The van der Waals surface area contributed by atoms with Gasteiger partial charge in [0.15, 0.2) is 0 Å². The number of benzene rings is 6. The van der Waals surface area contributed by atoms with Crippen LogP contribution in [-0.2, 0) is 0 Å². The minimum atomic E-state index is 1.17. The van der Waals surface area contributed by atoms with Crippen molar-refractivity contribution in [2.45, 2.75) is 0 Å². The van der Waals surface area contributed by atoms with Crippen molar-refractivity contribution in [2.24, 2.45) is 0 Å². The number of hydrogen-bond acceptors (Lipinski definition) is 0. The molecule has 0 N–H and O–H groups in total. The monoisotopic (exact) mass is 536 g/mol. The van der Waals surface area contributed by atoms with Crippen LogP contribution in [0, 0.1) is 0 Å². The smallest absolute Gasteiger partial charge is 0.0534 e. The van der Waals surface area contributed by atoms with E-state index in [0.717, 1.165) is 0 Å². The van der Waals surface area contributed by atoms with Gasteiger partial charge in [0.25, 0.3) is 0 Å². The van der Waals surface area contributed by atoms with Crippen molar-refractivity contribution in [2.75, 3.05) is 0 Å². The van der Waals surface area contributed by atoms with E-state index in [1.807, 2.05) is 0 Å². The molecule has 0 aliphatic rings. The molecule has 2 heterocycles. The number of fused-ring (bicyclic) bond motifs is 6. The summed E-state index contributed by atoms with van der Waals surface area (Å²) in [5.41, 5.74) is 9.65. The largest absolute Gasteiger partial charge is 0.316 e. The Morgan fingerprint density at radius 2 is 0.595 bits per heavy atom. The van der Waals surface area contributed by atoms with Gasteiger partial charge in [-0.3, -0.25) is 0 Å². The van der Waals surface area contributed by atoms with Crippen LogP contribution >= 0.6 is 0 Å². The molecule has 0 atom stereocenters. The predicted molar refractivity (Wildman–Crippen MR) is 181 cm³/mol. The molecule has 0 radical (unpaired) electrons. The molecule has 2 aromatic heterocycles. The topological polar surface area (TPSA) is 9.86 Å². The minimum absolute atomic E-state index is 1.17. The van der Waals surface area contributed by atoms with Gasteiger partial charge in [0.1, 0.15) is 0 Å². The maximum Gasteiger partial charge on any atom is 0.0534 e. The summed E-state index contributed by atoms with van der Waals surface area (Å²) in [5.74, 6) is 0. The first kappa shape index (κ1) is 24.2. The van der Waals surface area contributed by atoms with Gasteiger partial charge in [-0.05, 0) is 58.7 Å². The second-order valence-electron chi connectivity index (χ2n) is 10.7. The Morgan fingerprint density at radius 1 is 0.310 bits per heavy atom. The van der Waals surface area contributed by atoms with Gasteiger partial charge in [0, 0.05) is 33.9 Å². The third kappa shape index (κ3) is 4.13. The summed E-state index contributed by atoms with van der Waals surface area (Å²) < 4.78 is 4.56. The van der Waals surface area contributed by atoms with Gasteiger partial charge in [0.05, 0.1) is 22.1 Å². The van der Waals surface area contributed by atoms with E-state index in [2.05, 4.69) is 179 Å². The third-order valence-electron chi connectivity index (χ3n) is 8.22. The molecule has 0 aliphatic heterocycles. The Morgan fingerprint density at radius 3 is 0.905 bits per heavy atom. The Bertz CT molecular complexity index is 2000. The predicted octanol–water partition coefficient (Wildman–Crippen LogP) is 10.8. The number of nitrogens with zero attached hydrogens (tertiary/aromatic N) is 2. The summed E-state index contributed by atoms with van der Waals surface area (Å²) >= 11 is 0. The van der Waals surface area contributed by atoms with Crippen molar-refractivity contribution >= 4 is 68.2 Å². The highest BCUT2D eigenvalue weighted by Crippen LogP contribution is 2.31. The highest BCUT2D eigenvalue weighted by Gasteiger charge is 2.08. The van der Waals surface area contributed by atoms with E-state index in [0.29, 0.717) is 0 Å². The van der Waals surface area contributed by atoms with Crippen LogP contribution < -0.4 is 0 Å². The fraction of sp³-hybridized carbons (Fsp3) is 0. The van der Waals surface area contributed by atoms with Crippen molar-refractivity contribution < 1.29 is 0 Å². The number of hydrogen-bond donors (Lipinski definition) is 0. The summed E-state index contributed by atoms with van der Waals surface area (Å²) in [7, 11) is 0. The second kappa shape index (κ2) is 10.1. The lowest BCUT2D eigenvalue weighted by Crippen LogP contribution is -1.86. The zero-order valence-electron chi connectivity index (χ0n) is 23.1. The van der Waals surface area contributed by atoms with E-state index in [1.54, 1.807) is 0 Å². The van der Waals surface area contributed by atoms with Gasteiger partial charge in [-0.15, -0.1) is 0 Å². The van der Waals surface area contributed by atoms with Crippen molar-refractivity contribution in [3.63, 3.8) is 0 Å². The average molecular weight is 537 g/mol. The first-order valence-electron chi connectivity index (χ1n) is 14.4. The summed E-state index contributed by atoms with van der Waals surface area (Å²) in [4.78, 5) is 0. The molecular formula is C40H28N2. The van der Waals surface area contributed by atoms with Gasteiger partial charge in [0.2, 0.25) is 0 Å². The first-order chi connectivity index (χ1) is 20.8. The Labute approximate surface area is 244 Å². The van der Waals surface area contributed by atoms with Gasteiger partial charge < -0.3 is 9.13 Å². The first-order valence-corrected chi connectivity index (χ1v) is 14.4. The lowest BCUT2D eigenvalue weighted by Gasteiger charge is -2.05. The van der Waals surface area contributed by atoms with Gasteiger partial charge >= 0.3 is 0 Å². The molecule has 0 amide bonds. The fourth-order valence-electron chi connectivity index (χ4n) is 6.12. The van der Waals surface area contributed by atoms with Crippen LogP contribution in [0.25, 0.3) is 79.3 Å². The molecule has 0 aliphatic carbocycles. The molecule has 0 unspecified atom stereocenters. The van der Waals surface area contributed by atoms with E-state index in [9.17, 15) is 0 Å². The van der Waals surface area contributed by atoms with Gasteiger partial charge in [-0.1, -0.05) is 121 Å². The molecule has 0 fully saturated rings. The number of rotatable bonds is 5. The Balaban J connectivity index is 1.04. The van der Waals surface area contributed by atoms with Crippen LogP contribution in [0.4, 0.5) is 0 Å². The van der Waals surface area contributed by atoms with E-state index in [4.69, 9.17) is 0 Å². The van der Waals surface area contributed by atoms with Gasteiger partial charge in [-0.2, -0.15) is 0 Å². The molecule has 0 saturated carbocycles. The van der Waals surface area contributed by atoms with Crippen LogP contribution in [0.3, 0.4) is 0 Å². The quantitative estimate of drug-likeness (QED) is 0.207. The lowest BCUT2D eigenvalue weighted by molar-refractivity contribution is 1.30. The molecule has 0 bridgehead atoms. The average Bonchev–Trinajstić information content (AvgIpc) is 3.56. The third-order valence-corrected chi connectivity index (χ3v) is 8.22. The minimum Gasteiger partial charge on any atom is -0.316 e. The van der Waals surface area contributed by atoms with Crippen molar-refractivity contribution in [3.05, 3.63) is 157 Å². The molecule has 0 spiro atoms. The Hall–Kier alpha value is -5.60. The highest BCUT2D eigenvalue weighted by molar-refractivity contribution is 6.10. The fourth-order valence-corrected chi connectivity index (χ4v) is 6.12. The van der Waals surface area contributed by atoms with Crippen molar-refractivity contribution in [1.29, 1.82) is 0 Å². The maximum atomic E-state index is 2.28. The number of aromatic nitrogens is 2. The molecule has 2 heteroatoms. The molecule has 2 nitrogen and oxygen atoms in total. The normalized spacial score (nSPS) is 12.1. The molecule has 42 heavy (non-hydrogen) atoms. The van der Waals surface area contributed by atoms with Crippen LogP contribution in [0.15, 0.2) is 146 Å². The summed E-state index contributed by atoms with van der Waals surface area (Å²) in [6.07, 6.45) is 8.73. The Kier molecular flexibility index (Phi) is 5.82. The zero-order valence-corrected chi connectivity index (χ0v) is 23.1. The van der Waals surface area contributed by atoms with E-state index in [-0.39, 0.29) is 0 Å². The van der Waals surface area contributed by atoms with E-state index < -0.39 is 0 Å². The van der Waals surface area contributed by atoms with Crippen molar-refractivity contribution in [1.82, 2.24) is 9.13 Å². The summed E-state index contributed by atoms with van der Waals surface area (Å²) in [5, 5.41) is 5.12. The van der Waals surface area contributed by atoms with Crippen LogP contribution in [0.5, 0.6) is 0 Å². The standard InChI is InChI=1S/C40H28N2/c1-5-13-37-33(9-1)34-10-2-6-14-38(34)41(37)27-25-29-17-21-31(22-18-29)32-23-19-30(20-24-32)26-28-42-39-15-7-3-11-35(39)36-12-4-8-16-40(36)42/h1-28H/b27-25+,28-26+. The summed E-state index contributed by atoms with van der Waals surface area (Å²) in [6, 6.07) is 51.9. The highest BCUT2D eigenvalue weighted by atomic mass is 15.0. The lowest BCUT2D eigenvalue weighted by atomic mass is 10.0. The van der Waals surface area contributed by atoms with E-state index >= 15 is 0 Å². The molecular weight excluding hydrogens is 508 g/mol. The maximum absolute atomic E-state index is 2.28. The molecule has 198 valence electrons. The molecule has 0 saturated heterocycles. The van der Waals surface area contributed by atoms with Crippen LogP contribution in [0.1, 0.15) is 11.1 Å². The van der Waals surface area contributed by atoms with Crippen molar-refractivity contribution in [3.8, 4) is 11.1 Å². The molecule has 8 rings (SSSR count). The van der Waals surface area contributed by atoms with Gasteiger partial charge in [-0.25, -0.2) is 0 Å². The summed E-state index contributed by atoms with van der Waals surface area (Å²) in [6.45, 7) is 0. The number of para-hydroxylation sites is 4. The molecule has 6 aromatic carbocycles. The van der Waals surface area contributed by atoms with Crippen LogP contribution in [-0.4, -0.2) is 9.13 Å². The zero-order chi connectivity index (χ0) is 27.9. The molecule has 8 aromatic rings.